The molecule has 2 rings (SSSR count). The molecule has 0 saturated heterocycles. The quantitative estimate of drug-likeness (QED) is 0.915. The van der Waals surface area contributed by atoms with Crippen LogP contribution in [-0.4, -0.2) is 21.5 Å². The molecule has 1 heterocycles. The van der Waals surface area contributed by atoms with Crippen LogP contribution in [-0.2, 0) is 6.42 Å². The van der Waals surface area contributed by atoms with E-state index < -0.39 is 0 Å². The summed E-state index contributed by atoms with van der Waals surface area (Å²) in [4.78, 5) is 0. The summed E-state index contributed by atoms with van der Waals surface area (Å²) < 4.78 is 1.65. The van der Waals surface area contributed by atoms with Gasteiger partial charge < -0.3 is 5.73 Å². The largest absolute Gasteiger partial charge is 0.330 e. The number of aromatic nitrogens is 3. The number of halogens is 2. The van der Waals surface area contributed by atoms with Gasteiger partial charge in [0, 0.05) is 6.42 Å². The van der Waals surface area contributed by atoms with Gasteiger partial charge in [-0.3, -0.25) is 0 Å². The molecule has 6 heteroatoms. The van der Waals surface area contributed by atoms with Crippen molar-refractivity contribution < 1.29 is 0 Å². The monoisotopic (exact) mass is 256 g/mol. The van der Waals surface area contributed by atoms with Crippen molar-refractivity contribution >= 4 is 23.2 Å². The first kappa shape index (κ1) is 11.4. The van der Waals surface area contributed by atoms with E-state index in [0.717, 1.165) is 11.4 Å². The van der Waals surface area contributed by atoms with E-state index in [1.807, 2.05) is 12.1 Å². The molecule has 0 unspecified atom stereocenters. The highest BCUT2D eigenvalue weighted by Gasteiger charge is 2.10. The van der Waals surface area contributed by atoms with Crippen molar-refractivity contribution in [2.24, 2.45) is 5.73 Å². The first-order valence-corrected chi connectivity index (χ1v) is 5.53. The molecule has 2 N–H and O–H groups in total. The van der Waals surface area contributed by atoms with Gasteiger partial charge in [0.2, 0.25) is 0 Å². The molecular weight excluding hydrogens is 247 g/mol. The molecule has 0 spiro atoms. The summed E-state index contributed by atoms with van der Waals surface area (Å²) in [5.41, 5.74) is 7.13. The van der Waals surface area contributed by atoms with Crippen LogP contribution in [0.3, 0.4) is 0 Å². The number of hydrogen-bond acceptors (Lipinski definition) is 3. The van der Waals surface area contributed by atoms with Gasteiger partial charge in [0.15, 0.2) is 0 Å². The van der Waals surface area contributed by atoms with E-state index in [1.54, 1.807) is 16.9 Å². The predicted molar refractivity (Wildman–Crippen MR) is 64.1 cm³/mol. The Morgan fingerprint density at radius 1 is 1.31 bits per heavy atom. The molecule has 0 atom stereocenters. The van der Waals surface area contributed by atoms with Crippen molar-refractivity contribution in [3.63, 3.8) is 0 Å². The minimum Gasteiger partial charge on any atom is -0.330 e. The molecule has 0 radical (unpaired) electrons. The summed E-state index contributed by atoms with van der Waals surface area (Å²) >= 11 is 12.0. The highest BCUT2D eigenvalue weighted by atomic mass is 35.5. The molecule has 84 valence electrons. The van der Waals surface area contributed by atoms with Crippen molar-refractivity contribution in [2.75, 3.05) is 6.54 Å². The Hall–Kier alpha value is -1.10. The van der Waals surface area contributed by atoms with E-state index in [0.29, 0.717) is 23.0 Å². The van der Waals surface area contributed by atoms with Crippen LogP contribution < -0.4 is 5.73 Å². The highest BCUT2D eigenvalue weighted by molar-refractivity contribution is 6.43. The molecule has 0 fully saturated rings. The fraction of sp³-hybridized carbons (Fsp3) is 0.200. The van der Waals surface area contributed by atoms with E-state index >= 15 is 0 Å². The molecular formula is C10H10Cl2N4. The smallest absolute Gasteiger partial charge is 0.0868 e. The summed E-state index contributed by atoms with van der Waals surface area (Å²) in [6.07, 6.45) is 2.36. The van der Waals surface area contributed by atoms with Crippen LogP contribution in [0.4, 0.5) is 0 Å². The Bertz CT molecular complexity index is 495. The number of benzene rings is 1. The molecule has 0 aliphatic rings. The average Bonchev–Trinajstić information content (AvgIpc) is 2.71. The summed E-state index contributed by atoms with van der Waals surface area (Å²) in [5, 5.41) is 8.78. The fourth-order valence-corrected chi connectivity index (χ4v) is 1.81. The van der Waals surface area contributed by atoms with Crippen LogP contribution in [0, 0.1) is 0 Å². The minimum absolute atomic E-state index is 0.466. The lowest BCUT2D eigenvalue weighted by Crippen LogP contribution is -2.09. The van der Waals surface area contributed by atoms with Gasteiger partial charge in [0.1, 0.15) is 0 Å². The third kappa shape index (κ3) is 2.04. The third-order valence-corrected chi connectivity index (χ3v) is 2.99. The standard InChI is InChI=1S/C10H10Cl2N4/c11-8-2-1-3-9(10(8)12)16-7(4-5-13)6-14-15-16/h1-3,6H,4-5,13H2. The number of hydrogen-bond donors (Lipinski definition) is 1. The van der Waals surface area contributed by atoms with E-state index in [-0.39, 0.29) is 0 Å². The van der Waals surface area contributed by atoms with Gasteiger partial charge in [-0.2, -0.15) is 0 Å². The first-order valence-electron chi connectivity index (χ1n) is 4.78. The first-order chi connectivity index (χ1) is 7.74. The van der Waals surface area contributed by atoms with Crippen LogP contribution in [0.25, 0.3) is 5.69 Å². The number of nitrogens with zero attached hydrogens (tertiary/aromatic N) is 3. The second-order valence-electron chi connectivity index (χ2n) is 3.25. The van der Waals surface area contributed by atoms with Crippen LogP contribution in [0.5, 0.6) is 0 Å². The molecule has 0 aliphatic heterocycles. The van der Waals surface area contributed by atoms with Crippen LogP contribution in [0.15, 0.2) is 24.4 Å². The van der Waals surface area contributed by atoms with Crippen molar-refractivity contribution in [1.82, 2.24) is 15.0 Å². The van der Waals surface area contributed by atoms with Crippen molar-refractivity contribution in [2.45, 2.75) is 6.42 Å². The Morgan fingerprint density at radius 3 is 2.88 bits per heavy atom. The molecule has 16 heavy (non-hydrogen) atoms. The molecule has 1 aromatic heterocycles. The maximum Gasteiger partial charge on any atom is 0.0868 e. The van der Waals surface area contributed by atoms with Crippen molar-refractivity contribution in [3.05, 3.63) is 40.1 Å². The zero-order chi connectivity index (χ0) is 11.5. The van der Waals surface area contributed by atoms with Gasteiger partial charge in [0.25, 0.3) is 0 Å². The summed E-state index contributed by atoms with van der Waals surface area (Å²) in [5.74, 6) is 0. The van der Waals surface area contributed by atoms with E-state index in [9.17, 15) is 0 Å². The lowest BCUT2D eigenvalue weighted by molar-refractivity contribution is 0.755. The molecule has 0 bridgehead atoms. The van der Waals surface area contributed by atoms with Crippen LogP contribution in [0.2, 0.25) is 10.0 Å². The van der Waals surface area contributed by atoms with Crippen molar-refractivity contribution in [1.29, 1.82) is 0 Å². The normalized spacial score (nSPS) is 10.7. The van der Waals surface area contributed by atoms with Gasteiger partial charge in [0.05, 0.1) is 27.6 Å². The number of nitrogens with two attached hydrogens (primary N) is 1. The van der Waals surface area contributed by atoms with Gasteiger partial charge in [-0.25, -0.2) is 4.68 Å². The zero-order valence-corrected chi connectivity index (χ0v) is 9.91. The lowest BCUT2D eigenvalue weighted by Gasteiger charge is -2.07. The highest BCUT2D eigenvalue weighted by Crippen LogP contribution is 2.28. The molecule has 0 saturated carbocycles. The molecule has 4 nitrogen and oxygen atoms in total. The predicted octanol–water partition coefficient (Wildman–Crippen LogP) is 2.08. The SMILES string of the molecule is NCCc1cnnn1-c1cccc(Cl)c1Cl. The Balaban J connectivity index is 2.50. The van der Waals surface area contributed by atoms with Crippen molar-refractivity contribution in [3.8, 4) is 5.69 Å². The lowest BCUT2D eigenvalue weighted by atomic mass is 10.3. The van der Waals surface area contributed by atoms with E-state index in [4.69, 9.17) is 28.9 Å². The van der Waals surface area contributed by atoms with Gasteiger partial charge >= 0.3 is 0 Å². The maximum atomic E-state index is 6.10. The topological polar surface area (TPSA) is 56.7 Å². The van der Waals surface area contributed by atoms with Gasteiger partial charge in [-0.15, -0.1) is 5.10 Å². The maximum absolute atomic E-state index is 6.10. The molecule has 2 aromatic rings. The molecule has 0 amide bonds. The second-order valence-corrected chi connectivity index (χ2v) is 4.03. The zero-order valence-electron chi connectivity index (χ0n) is 8.40. The third-order valence-electron chi connectivity index (χ3n) is 2.18. The van der Waals surface area contributed by atoms with Gasteiger partial charge in [-0.05, 0) is 18.7 Å². The Morgan fingerprint density at radius 2 is 2.12 bits per heavy atom. The van der Waals surface area contributed by atoms with Crippen LogP contribution in [0.1, 0.15) is 5.69 Å². The van der Waals surface area contributed by atoms with Crippen LogP contribution >= 0.6 is 23.2 Å². The van der Waals surface area contributed by atoms with E-state index in [2.05, 4.69) is 10.3 Å². The second kappa shape index (κ2) is 4.82. The Kier molecular flexibility index (Phi) is 3.43. The van der Waals surface area contributed by atoms with Gasteiger partial charge in [-0.1, -0.05) is 34.5 Å². The summed E-state index contributed by atoms with van der Waals surface area (Å²) in [7, 11) is 0. The fourth-order valence-electron chi connectivity index (χ4n) is 1.43. The Labute approximate surface area is 103 Å². The summed E-state index contributed by atoms with van der Waals surface area (Å²) in [6, 6.07) is 5.38. The summed E-state index contributed by atoms with van der Waals surface area (Å²) in [6.45, 7) is 0.533. The average molecular weight is 257 g/mol. The number of rotatable bonds is 3. The molecule has 1 aromatic carbocycles. The molecule has 0 aliphatic carbocycles. The van der Waals surface area contributed by atoms with E-state index in [1.165, 1.54) is 0 Å². The minimum atomic E-state index is 0.466.